The number of hydrogen-bond donors (Lipinski definition) is 1. The lowest BCUT2D eigenvalue weighted by molar-refractivity contribution is -0.179. The first-order valence-corrected chi connectivity index (χ1v) is 8.74. The van der Waals surface area contributed by atoms with E-state index in [1.54, 1.807) is 6.20 Å². The molecule has 3 heterocycles. The van der Waals surface area contributed by atoms with Crippen molar-refractivity contribution in [2.45, 2.75) is 63.7 Å². The number of aliphatic hydroxyl groups excluding tert-OH is 1. The van der Waals surface area contributed by atoms with Gasteiger partial charge in [0.15, 0.2) is 0 Å². The first-order valence-electron chi connectivity index (χ1n) is 8.74. The van der Waals surface area contributed by atoms with Crippen molar-refractivity contribution in [2.75, 3.05) is 19.7 Å². The van der Waals surface area contributed by atoms with Crippen molar-refractivity contribution in [1.29, 1.82) is 0 Å². The number of aromatic nitrogens is 2. The smallest absolute Gasteiger partial charge is 0.224 e. The van der Waals surface area contributed by atoms with Crippen molar-refractivity contribution in [3.8, 4) is 0 Å². The zero-order valence-electron chi connectivity index (χ0n) is 13.9. The number of rotatable bonds is 4. The maximum atomic E-state index is 12.4. The van der Waals surface area contributed by atoms with Crippen LogP contribution in [-0.2, 0) is 22.5 Å². The fraction of sp³-hybridized carbons (Fsp3) is 0.765. The topological polar surface area (TPSA) is 67.6 Å². The number of ether oxygens (including phenoxy) is 1. The van der Waals surface area contributed by atoms with Gasteiger partial charge in [0, 0.05) is 51.5 Å². The summed E-state index contributed by atoms with van der Waals surface area (Å²) < 4.78 is 7.95. The Kier molecular flexibility index (Phi) is 5.02. The fourth-order valence-electron chi connectivity index (χ4n) is 3.76. The van der Waals surface area contributed by atoms with E-state index in [0.717, 1.165) is 44.5 Å². The van der Waals surface area contributed by atoms with Crippen molar-refractivity contribution in [1.82, 2.24) is 14.5 Å². The fourth-order valence-corrected chi connectivity index (χ4v) is 3.76. The van der Waals surface area contributed by atoms with E-state index in [0.29, 0.717) is 26.1 Å². The standard InChI is InChI=1S/C17H27N3O3/c1-2-15-18-8-12-19(15)9-5-16(22)20-10-6-17(7-11-20)14(21)4-3-13-23-17/h8,12,14,21H,2-7,9-11,13H2,1H3/t14-/m1/s1. The third-order valence-electron chi connectivity index (χ3n) is 5.27. The summed E-state index contributed by atoms with van der Waals surface area (Å²) in [5.41, 5.74) is -0.408. The largest absolute Gasteiger partial charge is 0.390 e. The summed E-state index contributed by atoms with van der Waals surface area (Å²) in [4.78, 5) is 18.6. The quantitative estimate of drug-likeness (QED) is 0.909. The Balaban J connectivity index is 1.50. The van der Waals surface area contributed by atoms with Crippen LogP contribution in [0, 0.1) is 0 Å². The number of carbonyl (C=O) groups excluding carboxylic acids is 1. The van der Waals surface area contributed by atoms with Gasteiger partial charge in [-0.3, -0.25) is 4.79 Å². The molecule has 1 spiro atoms. The molecule has 2 saturated heterocycles. The number of carbonyl (C=O) groups is 1. The highest BCUT2D eigenvalue weighted by atomic mass is 16.5. The minimum Gasteiger partial charge on any atom is -0.390 e. The second-order valence-electron chi connectivity index (χ2n) is 6.59. The van der Waals surface area contributed by atoms with Gasteiger partial charge in [0.1, 0.15) is 5.82 Å². The van der Waals surface area contributed by atoms with Crippen LogP contribution in [0.5, 0.6) is 0 Å². The van der Waals surface area contributed by atoms with Gasteiger partial charge in [-0.1, -0.05) is 6.92 Å². The van der Waals surface area contributed by atoms with E-state index >= 15 is 0 Å². The highest BCUT2D eigenvalue weighted by Crippen LogP contribution is 2.35. The first kappa shape index (κ1) is 16.5. The summed E-state index contributed by atoms with van der Waals surface area (Å²) in [5.74, 6) is 1.20. The van der Waals surface area contributed by atoms with E-state index < -0.39 is 5.60 Å². The number of amides is 1. The Hall–Kier alpha value is -1.40. The lowest BCUT2D eigenvalue weighted by Gasteiger charge is -2.46. The first-order chi connectivity index (χ1) is 11.1. The van der Waals surface area contributed by atoms with Gasteiger partial charge >= 0.3 is 0 Å². The molecule has 2 aliphatic rings. The highest BCUT2D eigenvalue weighted by molar-refractivity contribution is 5.76. The molecule has 0 unspecified atom stereocenters. The molecule has 0 radical (unpaired) electrons. The Morgan fingerprint density at radius 3 is 2.96 bits per heavy atom. The SMILES string of the molecule is CCc1nccn1CCC(=O)N1CCC2(CC1)OCCC[C@H]2O. The molecule has 1 aromatic heterocycles. The third kappa shape index (κ3) is 3.43. The normalized spacial score (nSPS) is 24.1. The summed E-state index contributed by atoms with van der Waals surface area (Å²) in [6, 6.07) is 0. The second kappa shape index (κ2) is 7.01. The molecule has 128 valence electrons. The number of nitrogens with zero attached hydrogens (tertiary/aromatic N) is 3. The lowest BCUT2D eigenvalue weighted by atomic mass is 9.82. The van der Waals surface area contributed by atoms with Crippen molar-refractivity contribution in [3.05, 3.63) is 18.2 Å². The monoisotopic (exact) mass is 321 g/mol. The molecule has 6 heteroatoms. The van der Waals surface area contributed by atoms with Crippen molar-refractivity contribution >= 4 is 5.91 Å². The number of aryl methyl sites for hydroxylation is 2. The summed E-state index contributed by atoms with van der Waals surface area (Å²) >= 11 is 0. The molecule has 1 N–H and O–H groups in total. The van der Waals surface area contributed by atoms with Crippen LogP contribution in [0.1, 0.15) is 44.9 Å². The van der Waals surface area contributed by atoms with E-state index in [1.807, 2.05) is 11.1 Å². The molecule has 2 fully saturated rings. The molecule has 1 atom stereocenters. The zero-order valence-corrected chi connectivity index (χ0v) is 13.9. The summed E-state index contributed by atoms with van der Waals surface area (Å²) in [6.07, 6.45) is 7.94. The molecule has 2 aliphatic heterocycles. The van der Waals surface area contributed by atoms with Gasteiger partial charge in [-0.15, -0.1) is 0 Å². The molecule has 1 amide bonds. The molecule has 1 aromatic rings. The Labute approximate surface area is 137 Å². The van der Waals surface area contributed by atoms with Gasteiger partial charge in [-0.2, -0.15) is 0 Å². The Bertz CT molecular complexity index is 535. The molecule has 0 saturated carbocycles. The van der Waals surface area contributed by atoms with Crippen LogP contribution in [0.15, 0.2) is 12.4 Å². The molecule has 6 nitrogen and oxygen atoms in total. The van der Waals surface area contributed by atoms with Gasteiger partial charge in [0.05, 0.1) is 11.7 Å². The van der Waals surface area contributed by atoms with E-state index in [-0.39, 0.29) is 12.0 Å². The highest BCUT2D eigenvalue weighted by Gasteiger charge is 2.44. The van der Waals surface area contributed by atoms with E-state index in [9.17, 15) is 9.90 Å². The second-order valence-corrected chi connectivity index (χ2v) is 6.59. The minimum atomic E-state index is -0.408. The maximum absolute atomic E-state index is 12.4. The van der Waals surface area contributed by atoms with Gasteiger partial charge in [0.25, 0.3) is 0 Å². The van der Waals surface area contributed by atoms with Crippen molar-refractivity contribution in [2.24, 2.45) is 0 Å². The number of likely N-dealkylation sites (tertiary alicyclic amines) is 1. The van der Waals surface area contributed by atoms with E-state index in [1.165, 1.54) is 0 Å². The molecular weight excluding hydrogens is 294 g/mol. The van der Waals surface area contributed by atoms with Gasteiger partial charge in [0.2, 0.25) is 5.91 Å². The van der Waals surface area contributed by atoms with Crippen LogP contribution in [0.2, 0.25) is 0 Å². The van der Waals surface area contributed by atoms with Gasteiger partial charge in [-0.25, -0.2) is 4.98 Å². The van der Waals surface area contributed by atoms with E-state index in [4.69, 9.17) is 4.74 Å². The number of piperidine rings is 1. The van der Waals surface area contributed by atoms with Crippen LogP contribution >= 0.6 is 0 Å². The van der Waals surface area contributed by atoms with Crippen LogP contribution in [0.4, 0.5) is 0 Å². The molecule has 0 aromatic carbocycles. The predicted molar refractivity (Wildman–Crippen MR) is 86.0 cm³/mol. The van der Waals surface area contributed by atoms with Gasteiger partial charge in [-0.05, 0) is 25.7 Å². The minimum absolute atomic E-state index is 0.181. The van der Waals surface area contributed by atoms with Crippen LogP contribution in [0.3, 0.4) is 0 Å². The Morgan fingerprint density at radius 2 is 2.26 bits per heavy atom. The van der Waals surface area contributed by atoms with Gasteiger partial charge < -0.3 is 19.3 Å². The number of aliphatic hydroxyl groups is 1. The van der Waals surface area contributed by atoms with Crippen LogP contribution in [-0.4, -0.2) is 56.9 Å². The average Bonchev–Trinajstić information content (AvgIpc) is 3.04. The summed E-state index contributed by atoms with van der Waals surface area (Å²) in [5, 5.41) is 10.3. The van der Waals surface area contributed by atoms with Crippen molar-refractivity contribution in [3.63, 3.8) is 0 Å². The lowest BCUT2D eigenvalue weighted by Crippen LogP contribution is -2.56. The molecular formula is C17H27N3O3. The van der Waals surface area contributed by atoms with Crippen molar-refractivity contribution < 1.29 is 14.6 Å². The Morgan fingerprint density at radius 1 is 1.48 bits per heavy atom. The predicted octanol–water partition coefficient (Wildman–Crippen LogP) is 1.37. The maximum Gasteiger partial charge on any atom is 0.224 e. The average molecular weight is 321 g/mol. The number of imidazole rings is 1. The summed E-state index contributed by atoms with van der Waals surface area (Å²) in [6.45, 7) is 4.84. The third-order valence-corrected chi connectivity index (χ3v) is 5.27. The van der Waals surface area contributed by atoms with Crippen LogP contribution in [0.25, 0.3) is 0 Å². The summed E-state index contributed by atoms with van der Waals surface area (Å²) in [7, 11) is 0. The zero-order chi connectivity index (χ0) is 16.3. The molecule has 0 aliphatic carbocycles. The molecule has 23 heavy (non-hydrogen) atoms. The molecule has 3 rings (SSSR count). The molecule has 0 bridgehead atoms. The van der Waals surface area contributed by atoms with E-state index in [2.05, 4.69) is 16.5 Å². The number of hydrogen-bond acceptors (Lipinski definition) is 4. The van der Waals surface area contributed by atoms with Crippen LogP contribution < -0.4 is 0 Å².